The molecule has 0 fully saturated rings. The Morgan fingerprint density at radius 1 is 1.50 bits per heavy atom. The van der Waals surface area contributed by atoms with Crippen LogP contribution in [0.5, 0.6) is 0 Å². The second-order valence-electron chi connectivity index (χ2n) is 3.63. The molecule has 0 radical (unpaired) electrons. The van der Waals surface area contributed by atoms with E-state index in [1.54, 1.807) is 0 Å². The number of rotatable bonds is 1. The molecule has 0 aromatic rings. The van der Waals surface area contributed by atoms with Crippen molar-refractivity contribution in [2.45, 2.75) is 33.7 Å². The van der Waals surface area contributed by atoms with Gasteiger partial charge in [-0.05, 0) is 33.3 Å². The lowest BCUT2D eigenvalue weighted by atomic mass is 10.1. The highest BCUT2D eigenvalue weighted by Gasteiger charge is 2.07. The summed E-state index contributed by atoms with van der Waals surface area (Å²) >= 11 is 0. The van der Waals surface area contributed by atoms with Gasteiger partial charge in [-0.2, -0.15) is 0 Å². The van der Waals surface area contributed by atoms with E-state index in [9.17, 15) is 0 Å². The Bertz CT molecular complexity index is 242. The zero-order chi connectivity index (χ0) is 9.14. The topological polar surface area (TPSA) is 3.24 Å². The fraction of sp³-hybridized carbons (Fsp3) is 0.455. The Balaban J connectivity index is 2.78. The van der Waals surface area contributed by atoms with Gasteiger partial charge in [-0.25, -0.2) is 0 Å². The molecule has 0 saturated heterocycles. The standard InChI is InChI=1S/C11H17N/c1-9(2)7-12-8-10(3)5-6-11(12)4/h5-8,11H,1-4H3. The van der Waals surface area contributed by atoms with E-state index in [4.69, 9.17) is 0 Å². The van der Waals surface area contributed by atoms with Gasteiger partial charge in [0, 0.05) is 18.4 Å². The van der Waals surface area contributed by atoms with Crippen LogP contribution in [0.25, 0.3) is 0 Å². The summed E-state index contributed by atoms with van der Waals surface area (Å²) in [6.07, 6.45) is 8.74. The number of hydrogen-bond acceptors (Lipinski definition) is 1. The molecule has 1 nitrogen and oxygen atoms in total. The van der Waals surface area contributed by atoms with Gasteiger partial charge in [-0.15, -0.1) is 0 Å². The van der Waals surface area contributed by atoms with Crippen LogP contribution in [0.3, 0.4) is 0 Å². The molecule has 0 aliphatic carbocycles. The van der Waals surface area contributed by atoms with Crippen LogP contribution >= 0.6 is 0 Å². The molecule has 0 bridgehead atoms. The van der Waals surface area contributed by atoms with E-state index in [2.05, 4.69) is 57.1 Å². The summed E-state index contributed by atoms with van der Waals surface area (Å²) in [5.41, 5.74) is 2.65. The van der Waals surface area contributed by atoms with Crippen LogP contribution in [0.1, 0.15) is 27.7 Å². The molecule has 1 heteroatoms. The molecule has 0 amide bonds. The lowest BCUT2D eigenvalue weighted by molar-refractivity contribution is 0.440. The molecule has 0 N–H and O–H groups in total. The summed E-state index contributed by atoms with van der Waals surface area (Å²) in [5, 5.41) is 0. The molecule has 66 valence electrons. The van der Waals surface area contributed by atoms with E-state index < -0.39 is 0 Å². The van der Waals surface area contributed by atoms with Crippen molar-refractivity contribution in [1.82, 2.24) is 4.90 Å². The van der Waals surface area contributed by atoms with E-state index in [0.29, 0.717) is 6.04 Å². The van der Waals surface area contributed by atoms with Crippen molar-refractivity contribution in [2.24, 2.45) is 0 Å². The fourth-order valence-electron chi connectivity index (χ4n) is 1.24. The number of nitrogens with zero attached hydrogens (tertiary/aromatic N) is 1. The van der Waals surface area contributed by atoms with Crippen molar-refractivity contribution < 1.29 is 0 Å². The molecule has 1 aliphatic heterocycles. The van der Waals surface area contributed by atoms with Gasteiger partial charge in [0.05, 0.1) is 0 Å². The molecular formula is C11H17N. The van der Waals surface area contributed by atoms with Crippen LogP contribution in [-0.2, 0) is 0 Å². The zero-order valence-electron chi connectivity index (χ0n) is 8.33. The third-order valence-corrected chi connectivity index (χ3v) is 1.87. The Hall–Kier alpha value is -0.980. The molecule has 1 unspecified atom stereocenters. The zero-order valence-corrected chi connectivity index (χ0v) is 8.33. The first kappa shape index (κ1) is 9.11. The van der Waals surface area contributed by atoms with Crippen LogP contribution in [0, 0.1) is 0 Å². The van der Waals surface area contributed by atoms with Gasteiger partial charge in [-0.1, -0.05) is 17.7 Å². The third-order valence-electron chi connectivity index (χ3n) is 1.87. The van der Waals surface area contributed by atoms with Gasteiger partial charge in [0.25, 0.3) is 0 Å². The first-order chi connectivity index (χ1) is 5.59. The molecule has 1 rings (SSSR count). The maximum atomic E-state index is 2.24. The van der Waals surface area contributed by atoms with Gasteiger partial charge < -0.3 is 4.90 Å². The van der Waals surface area contributed by atoms with E-state index in [-0.39, 0.29) is 0 Å². The summed E-state index contributed by atoms with van der Waals surface area (Å²) in [5.74, 6) is 0. The number of allylic oxidation sites excluding steroid dienone is 3. The summed E-state index contributed by atoms with van der Waals surface area (Å²) in [4.78, 5) is 2.24. The third kappa shape index (κ3) is 2.26. The van der Waals surface area contributed by atoms with Crippen molar-refractivity contribution in [3.8, 4) is 0 Å². The van der Waals surface area contributed by atoms with Crippen LogP contribution in [0.4, 0.5) is 0 Å². The van der Waals surface area contributed by atoms with Gasteiger partial charge >= 0.3 is 0 Å². The van der Waals surface area contributed by atoms with Gasteiger partial charge in [0.15, 0.2) is 0 Å². The molecule has 12 heavy (non-hydrogen) atoms. The largest absolute Gasteiger partial charge is 0.348 e. The highest BCUT2D eigenvalue weighted by atomic mass is 15.1. The molecule has 1 heterocycles. The SMILES string of the molecule is CC(C)=CN1C=C(C)C=CC1C. The van der Waals surface area contributed by atoms with Crippen molar-refractivity contribution in [2.75, 3.05) is 0 Å². The Morgan fingerprint density at radius 2 is 2.17 bits per heavy atom. The van der Waals surface area contributed by atoms with E-state index in [1.807, 2.05) is 0 Å². The molecule has 0 saturated carbocycles. The Labute approximate surface area is 75.1 Å². The van der Waals surface area contributed by atoms with E-state index >= 15 is 0 Å². The second-order valence-corrected chi connectivity index (χ2v) is 3.63. The van der Waals surface area contributed by atoms with Gasteiger partial charge in [0.2, 0.25) is 0 Å². The molecule has 0 aromatic heterocycles. The maximum absolute atomic E-state index is 2.24. The van der Waals surface area contributed by atoms with Gasteiger partial charge in [-0.3, -0.25) is 0 Å². The minimum Gasteiger partial charge on any atom is -0.348 e. The highest BCUT2D eigenvalue weighted by molar-refractivity contribution is 5.23. The fourth-order valence-corrected chi connectivity index (χ4v) is 1.24. The molecule has 1 aliphatic rings. The van der Waals surface area contributed by atoms with Crippen LogP contribution < -0.4 is 0 Å². The van der Waals surface area contributed by atoms with E-state index in [1.165, 1.54) is 11.1 Å². The minimum absolute atomic E-state index is 0.489. The van der Waals surface area contributed by atoms with Crippen molar-refractivity contribution in [3.63, 3.8) is 0 Å². The van der Waals surface area contributed by atoms with Crippen LogP contribution in [-0.4, -0.2) is 10.9 Å². The molecule has 1 atom stereocenters. The summed E-state index contributed by atoms with van der Waals surface area (Å²) in [7, 11) is 0. The smallest absolute Gasteiger partial charge is 0.0485 e. The van der Waals surface area contributed by atoms with Gasteiger partial charge in [0.1, 0.15) is 0 Å². The van der Waals surface area contributed by atoms with Crippen molar-refractivity contribution in [1.29, 1.82) is 0 Å². The Kier molecular flexibility index (Phi) is 2.74. The van der Waals surface area contributed by atoms with Crippen LogP contribution in [0.15, 0.2) is 35.7 Å². The quantitative estimate of drug-likeness (QED) is 0.574. The summed E-state index contributed by atoms with van der Waals surface area (Å²) in [6, 6.07) is 0.489. The molecule has 0 aromatic carbocycles. The monoisotopic (exact) mass is 163 g/mol. The van der Waals surface area contributed by atoms with E-state index in [0.717, 1.165) is 0 Å². The molecule has 0 spiro atoms. The predicted octanol–water partition coefficient (Wildman–Crippen LogP) is 3.07. The average molecular weight is 163 g/mol. The first-order valence-corrected chi connectivity index (χ1v) is 4.38. The lowest BCUT2D eigenvalue weighted by Gasteiger charge is -2.25. The van der Waals surface area contributed by atoms with Crippen molar-refractivity contribution >= 4 is 0 Å². The minimum atomic E-state index is 0.489. The molecular weight excluding hydrogens is 146 g/mol. The Morgan fingerprint density at radius 3 is 2.75 bits per heavy atom. The lowest BCUT2D eigenvalue weighted by Crippen LogP contribution is -2.23. The number of hydrogen-bond donors (Lipinski definition) is 0. The highest BCUT2D eigenvalue weighted by Crippen LogP contribution is 2.14. The predicted molar refractivity (Wildman–Crippen MR) is 53.6 cm³/mol. The van der Waals surface area contributed by atoms with Crippen LogP contribution in [0.2, 0.25) is 0 Å². The normalized spacial score (nSPS) is 22.2. The second kappa shape index (κ2) is 3.61. The maximum Gasteiger partial charge on any atom is 0.0485 e. The van der Waals surface area contributed by atoms with Crippen molar-refractivity contribution in [3.05, 3.63) is 35.7 Å². The summed E-state index contributed by atoms with van der Waals surface area (Å²) < 4.78 is 0. The summed E-state index contributed by atoms with van der Waals surface area (Å²) in [6.45, 7) is 8.55. The first-order valence-electron chi connectivity index (χ1n) is 4.38. The average Bonchev–Trinajstić information content (AvgIpc) is 1.96.